The third kappa shape index (κ3) is 4.47. The van der Waals surface area contributed by atoms with Gasteiger partial charge in [0.2, 0.25) is 0 Å². The van der Waals surface area contributed by atoms with E-state index in [2.05, 4.69) is 16.0 Å². The molecule has 0 saturated carbocycles. The lowest BCUT2D eigenvalue weighted by Crippen LogP contribution is -2.40. The molecule has 0 bridgehead atoms. The first-order valence-electron chi connectivity index (χ1n) is 8.17. The summed E-state index contributed by atoms with van der Waals surface area (Å²) in [7, 11) is 0. The number of piperidine rings is 1. The Labute approximate surface area is 164 Å². The van der Waals surface area contributed by atoms with E-state index in [0.717, 1.165) is 36.0 Å². The van der Waals surface area contributed by atoms with Gasteiger partial charge in [0.25, 0.3) is 0 Å². The first kappa shape index (κ1) is 20.0. The molecule has 2 aliphatic rings. The molecule has 2 N–H and O–H groups in total. The van der Waals surface area contributed by atoms with Crippen LogP contribution in [0.2, 0.25) is 0 Å². The van der Waals surface area contributed by atoms with Gasteiger partial charge >= 0.3 is 0 Å². The maximum absolute atomic E-state index is 6.10. The van der Waals surface area contributed by atoms with E-state index in [4.69, 9.17) is 10.5 Å². The molecule has 0 spiro atoms. The van der Waals surface area contributed by atoms with Gasteiger partial charge in [-0.3, -0.25) is 4.90 Å². The lowest BCUT2D eigenvalue weighted by Gasteiger charge is -2.33. The molecule has 0 aliphatic carbocycles. The van der Waals surface area contributed by atoms with E-state index >= 15 is 0 Å². The zero-order chi connectivity index (χ0) is 15.6. The van der Waals surface area contributed by atoms with Crippen LogP contribution in [-0.4, -0.2) is 29.9 Å². The fraction of sp³-hybridized carbons (Fsp3) is 0.389. The van der Waals surface area contributed by atoms with Crippen LogP contribution in [0, 0.1) is 0 Å². The largest absolute Gasteiger partial charge is 0.492 e. The second-order valence-corrected chi connectivity index (χ2v) is 7.15. The number of hydrogen-bond donors (Lipinski definition) is 1. The quantitative estimate of drug-likeness (QED) is 0.602. The molecular formula is C18H23Cl2N3OS. The van der Waals surface area contributed by atoms with E-state index in [1.807, 2.05) is 29.6 Å². The number of aliphatic imine (C=N–C) groups is 1. The number of halogens is 2. The number of amidine groups is 1. The van der Waals surface area contributed by atoms with Crippen LogP contribution in [-0.2, 0) is 6.54 Å². The summed E-state index contributed by atoms with van der Waals surface area (Å²) >= 11 is 1.61. The predicted octanol–water partition coefficient (Wildman–Crippen LogP) is 4.38. The van der Waals surface area contributed by atoms with Gasteiger partial charge in [-0.05, 0) is 49.0 Å². The Balaban J connectivity index is 0.00000113. The SMILES string of the molecule is Cl.Cl.NC(=Nc1ccc2c(c1)CN1CCCCC1CO2)c1cccs1. The molecule has 4 nitrogen and oxygen atoms in total. The van der Waals surface area contributed by atoms with E-state index in [1.54, 1.807) is 11.3 Å². The Kier molecular flexibility index (Phi) is 7.14. The van der Waals surface area contributed by atoms with Crippen molar-refractivity contribution in [2.45, 2.75) is 31.8 Å². The van der Waals surface area contributed by atoms with Crippen LogP contribution in [0.1, 0.15) is 29.7 Å². The summed E-state index contributed by atoms with van der Waals surface area (Å²) in [4.78, 5) is 8.13. The van der Waals surface area contributed by atoms with Crippen molar-refractivity contribution in [1.29, 1.82) is 0 Å². The number of rotatable bonds is 2. The van der Waals surface area contributed by atoms with Crippen molar-refractivity contribution in [2.24, 2.45) is 10.7 Å². The number of hydrogen-bond acceptors (Lipinski definition) is 4. The molecule has 1 aromatic heterocycles. The van der Waals surface area contributed by atoms with Gasteiger partial charge in [0.05, 0.1) is 10.6 Å². The smallest absolute Gasteiger partial charge is 0.141 e. The van der Waals surface area contributed by atoms with Gasteiger partial charge in [-0.25, -0.2) is 4.99 Å². The second-order valence-electron chi connectivity index (χ2n) is 6.20. The molecule has 7 heteroatoms. The Hall–Kier alpha value is -1.27. The van der Waals surface area contributed by atoms with Gasteiger partial charge in [-0.15, -0.1) is 36.2 Å². The molecule has 1 unspecified atom stereocenters. The number of nitrogens with two attached hydrogens (primary N) is 1. The van der Waals surface area contributed by atoms with E-state index in [9.17, 15) is 0 Å². The molecule has 136 valence electrons. The molecule has 4 rings (SSSR count). The highest BCUT2D eigenvalue weighted by molar-refractivity contribution is 7.12. The van der Waals surface area contributed by atoms with Crippen LogP contribution in [0.4, 0.5) is 5.69 Å². The van der Waals surface area contributed by atoms with E-state index in [-0.39, 0.29) is 24.8 Å². The van der Waals surface area contributed by atoms with Crippen LogP contribution >= 0.6 is 36.2 Å². The monoisotopic (exact) mass is 399 g/mol. The first-order valence-corrected chi connectivity index (χ1v) is 9.05. The van der Waals surface area contributed by atoms with Crippen molar-refractivity contribution >= 4 is 47.7 Å². The van der Waals surface area contributed by atoms with Crippen molar-refractivity contribution in [3.05, 3.63) is 46.2 Å². The molecular weight excluding hydrogens is 377 g/mol. The van der Waals surface area contributed by atoms with Crippen molar-refractivity contribution in [3.8, 4) is 5.75 Å². The Bertz CT molecular complexity index is 721. The zero-order valence-electron chi connectivity index (χ0n) is 13.9. The summed E-state index contributed by atoms with van der Waals surface area (Å²) in [5.41, 5.74) is 8.22. The molecule has 0 radical (unpaired) electrons. The summed E-state index contributed by atoms with van der Waals surface area (Å²) in [6, 6.07) is 10.7. The van der Waals surface area contributed by atoms with Crippen molar-refractivity contribution < 1.29 is 4.74 Å². The average Bonchev–Trinajstić information content (AvgIpc) is 3.04. The topological polar surface area (TPSA) is 50.8 Å². The van der Waals surface area contributed by atoms with Crippen molar-refractivity contribution in [3.63, 3.8) is 0 Å². The van der Waals surface area contributed by atoms with Gasteiger partial charge in [-0.1, -0.05) is 12.5 Å². The molecule has 25 heavy (non-hydrogen) atoms. The maximum atomic E-state index is 6.10. The van der Waals surface area contributed by atoms with E-state index in [0.29, 0.717) is 11.9 Å². The highest BCUT2D eigenvalue weighted by Gasteiger charge is 2.27. The van der Waals surface area contributed by atoms with Crippen LogP contribution in [0.3, 0.4) is 0 Å². The van der Waals surface area contributed by atoms with Gasteiger partial charge in [0, 0.05) is 18.2 Å². The number of thiophene rings is 1. The Morgan fingerprint density at radius 3 is 2.92 bits per heavy atom. The fourth-order valence-corrected chi connectivity index (χ4v) is 4.01. The summed E-state index contributed by atoms with van der Waals surface area (Å²) in [6.07, 6.45) is 3.84. The average molecular weight is 400 g/mol. The number of ether oxygens (including phenoxy) is 1. The highest BCUT2D eigenvalue weighted by Crippen LogP contribution is 2.32. The molecule has 1 fully saturated rings. The van der Waals surface area contributed by atoms with Crippen LogP contribution < -0.4 is 10.5 Å². The van der Waals surface area contributed by atoms with Crippen LogP contribution in [0.25, 0.3) is 0 Å². The van der Waals surface area contributed by atoms with Crippen molar-refractivity contribution in [2.75, 3.05) is 13.2 Å². The summed E-state index contributed by atoms with van der Waals surface area (Å²) in [6.45, 7) is 2.91. The lowest BCUT2D eigenvalue weighted by atomic mass is 10.0. The third-order valence-electron chi connectivity index (χ3n) is 4.62. The molecule has 2 aliphatic heterocycles. The third-order valence-corrected chi connectivity index (χ3v) is 5.51. The van der Waals surface area contributed by atoms with Gasteiger partial charge in [0.15, 0.2) is 0 Å². The fourth-order valence-electron chi connectivity index (χ4n) is 3.38. The molecule has 0 amide bonds. The minimum Gasteiger partial charge on any atom is -0.492 e. The molecule has 3 heterocycles. The molecule has 2 aromatic rings. The Morgan fingerprint density at radius 2 is 2.12 bits per heavy atom. The van der Waals surface area contributed by atoms with Crippen LogP contribution in [0.15, 0.2) is 40.7 Å². The number of nitrogens with zero attached hydrogens (tertiary/aromatic N) is 2. The van der Waals surface area contributed by atoms with Gasteiger partial charge in [0.1, 0.15) is 18.2 Å². The predicted molar refractivity (Wildman–Crippen MR) is 109 cm³/mol. The molecule has 1 aromatic carbocycles. The lowest BCUT2D eigenvalue weighted by molar-refractivity contribution is 0.108. The standard InChI is InChI=1S/C18H21N3OS.2ClH/c19-18(17-5-3-9-23-17)20-14-6-7-16-13(10-14)11-21-8-2-1-4-15(21)12-22-16;;/h3,5-7,9-10,15H,1-2,4,8,11-12H2,(H2,19,20);2*1H. The van der Waals surface area contributed by atoms with E-state index < -0.39 is 0 Å². The summed E-state index contributed by atoms with van der Waals surface area (Å²) in [5.74, 6) is 1.57. The maximum Gasteiger partial charge on any atom is 0.141 e. The van der Waals surface area contributed by atoms with Crippen molar-refractivity contribution in [1.82, 2.24) is 4.90 Å². The highest BCUT2D eigenvalue weighted by atomic mass is 35.5. The molecule has 1 saturated heterocycles. The molecule has 1 atom stereocenters. The minimum atomic E-state index is 0. The summed E-state index contributed by atoms with van der Waals surface area (Å²) in [5, 5.41) is 2.01. The minimum absolute atomic E-state index is 0. The zero-order valence-corrected chi connectivity index (χ0v) is 16.3. The van der Waals surface area contributed by atoms with E-state index in [1.165, 1.54) is 24.8 Å². The normalized spacial score (nSPS) is 20.2. The van der Waals surface area contributed by atoms with Gasteiger partial charge < -0.3 is 10.5 Å². The second kappa shape index (κ2) is 8.90. The van der Waals surface area contributed by atoms with Gasteiger partial charge in [-0.2, -0.15) is 0 Å². The first-order chi connectivity index (χ1) is 11.3. The Morgan fingerprint density at radius 1 is 1.24 bits per heavy atom. The number of benzene rings is 1. The number of fused-ring (bicyclic) bond motifs is 2. The van der Waals surface area contributed by atoms with Crippen LogP contribution in [0.5, 0.6) is 5.75 Å². The summed E-state index contributed by atoms with van der Waals surface area (Å²) < 4.78 is 6.03.